The number of hydrogen-bond acceptors (Lipinski definition) is 5. The third-order valence-electron chi connectivity index (χ3n) is 6.35. The van der Waals surface area contributed by atoms with Crippen LogP contribution in [0.15, 0.2) is 53.6 Å². The number of rotatable bonds is 6. The van der Waals surface area contributed by atoms with Crippen molar-refractivity contribution in [2.24, 2.45) is 5.92 Å². The van der Waals surface area contributed by atoms with Crippen molar-refractivity contribution in [2.45, 2.75) is 43.0 Å². The van der Waals surface area contributed by atoms with Crippen LogP contribution in [0.4, 0.5) is 0 Å². The lowest BCUT2D eigenvalue weighted by atomic mass is 10.0. The molecule has 1 aliphatic heterocycles. The fourth-order valence-electron chi connectivity index (χ4n) is 4.76. The number of nitrogens with zero attached hydrogens (tertiary/aromatic N) is 3. The van der Waals surface area contributed by atoms with Crippen molar-refractivity contribution in [1.29, 1.82) is 0 Å². The normalized spacial score (nSPS) is 22.1. The third kappa shape index (κ3) is 4.85. The Morgan fingerprint density at radius 1 is 1.03 bits per heavy atom. The SMILES string of the molecule is COc1ccc(S(=O)(=O)N2CCN(C3CCCC3)C[C@H](Cc3ccccn3)C2)cc1. The Bertz CT molecular complexity index is 912. The molecule has 30 heavy (non-hydrogen) atoms. The molecule has 0 spiro atoms. The number of benzene rings is 1. The van der Waals surface area contributed by atoms with E-state index in [0.29, 0.717) is 29.8 Å². The Labute approximate surface area is 179 Å². The maximum absolute atomic E-state index is 13.4. The number of hydrogen-bond donors (Lipinski definition) is 0. The van der Waals surface area contributed by atoms with E-state index >= 15 is 0 Å². The number of ether oxygens (including phenoxy) is 1. The highest BCUT2D eigenvalue weighted by molar-refractivity contribution is 7.89. The number of aromatic nitrogens is 1. The molecule has 1 aromatic heterocycles. The summed E-state index contributed by atoms with van der Waals surface area (Å²) in [5.74, 6) is 0.876. The first-order chi connectivity index (χ1) is 14.6. The molecule has 1 saturated carbocycles. The standard InChI is InChI=1S/C23H31N3O3S/c1-29-22-9-11-23(12-10-22)30(27,28)26-15-14-25(21-7-2-3-8-21)17-19(18-26)16-20-6-4-5-13-24-20/h4-6,9-13,19,21H,2-3,7-8,14-18H2,1H3/t19-/m0/s1. The van der Waals surface area contributed by atoms with Crippen molar-refractivity contribution >= 4 is 10.0 Å². The minimum absolute atomic E-state index is 0.219. The lowest BCUT2D eigenvalue weighted by molar-refractivity contribution is 0.187. The summed E-state index contributed by atoms with van der Waals surface area (Å²) in [5.41, 5.74) is 1.03. The van der Waals surface area contributed by atoms with Crippen LogP contribution in [0.1, 0.15) is 31.4 Å². The van der Waals surface area contributed by atoms with E-state index in [2.05, 4.69) is 9.88 Å². The van der Waals surface area contributed by atoms with Gasteiger partial charge in [0.15, 0.2) is 0 Å². The lowest BCUT2D eigenvalue weighted by Gasteiger charge is -2.29. The topological polar surface area (TPSA) is 62.7 Å². The maximum Gasteiger partial charge on any atom is 0.243 e. The summed E-state index contributed by atoms with van der Waals surface area (Å²) >= 11 is 0. The van der Waals surface area contributed by atoms with Gasteiger partial charge in [-0.2, -0.15) is 4.31 Å². The van der Waals surface area contributed by atoms with Crippen LogP contribution >= 0.6 is 0 Å². The predicted octanol–water partition coefficient (Wildman–Crippen LogP) is 3.20. The summed E-state index contributed by atoms with van der Waals surface area (Å²) in [6.07, 6.45) is 7.61. The molecule has 0 radical (unpaired) electrons. The molecule has 6 nitrogen and oxygen atoms in total. The summed E-state index contributed by atoms with van der Waals surface area (Å²) in [6, 6.07) is 13.2. The molecule has 0 amide bonds. The van der Waals surface area contributed by atoms with Gasteiger partial charge < -0.3 is 4.74 Å². The van der Waals surface area contributed by atoms with Crippen molar-refractivity contribution in [3.8, 4) is 5.75 Å². The summed E-state index contributed by atoms with van der Waals surface area (Å²) in [6.45, 7) is 2.77. The average Bonchev–Trinajstić information content (AvgIpc) is 3.22. The van der Waals surface area contributed by atoms with E-state index < -0.39 is 10.0 Å². The zero-order valence-electron chi connectivity index (χ0n) is 17.6. The molecule has 1 aromatic carbocycles. The summed E-state index contributed by atoms with van der Waals surface area (Å²) in [7, 11) is -1.97. The molecule has 0 N–H and O–H groups in total. The molecule has 2 fully saturated rings. The first-order valence-electron chi connectivity index (χ1n) is 10.8. The van der Waals surface area contributed by atoms with Crippen LogP contribution in [0.25, 0.3) is 0 Å². The summed E-state index contributed by atoms with van der Waals surface area (Å²) in [5, 5.41) is 0. The highest BCUT2D eigenvalue weighted by Gasteiger charge is 2.34. The van der Waals surface area contributed by atoms with Gasteiger partial charge in [0.2, 0.25) is 10.0 Å². The average molecular weight is 430 g/mol. The zero-order valence-corrected chi connectivity index (χ0v) is 18.4. The molecular formula is C23H31N3O3S. The van der Waals surface area contributed by atoms with E-state index in [4.69, 9.17) is 4.74 Å². The molecule has 2 aromatic rings. The largest absolute Gasteiger partial charge is 0.497 e. The van der Waals surface area contributed by atoms with Gasteiger partial charge in [0.25, 0.3) is 0 Å². The van der Waals surface area contributed by atoms with Crippen LogP contribution in [0.3, 0.4) is 0 Å². The van der Waals surface area contributed by atoms with Crippen molar-refractivity contribution in [3.05, 3.63) is 54.4 Å². The second-order valence-electron chi connectivity index (χ2n) is 8.36. The van der Waals surface area contributed by atoms with Crippen LogP contribution in [-0.2, 0) is 16.4 Å². The van der Waals surface area contributed by atoms with Gasteiger partial charge in [-0.05, 0) is 61.6 Å². The van der Waals surface area contributed by atoms with Gasteiger partial charge in [0.1, 0.15) is 5.75 Å². The first kappa shape index (κ1) is 21.3. The Morgan fingerprint density at radius 3 is 2.47 bits per heavy atom. The smallest absolute Gasteiger partial charge is 0.243 e. The van der Waals surface area contributed by atoms with Gasteiger partial charge in [-0.15, -0.1) is 0 Å². The summed E-state index contributed by atoms with van der Waals surface area (Å²) in [4.78, 5) is 7.35. The van der Waals surface area contributed by atoms with E-state index in [-0.39, 0.29) is 5.92 Å². The van der Waals surface area contributed by atoms with Gasteiger partial charge in [-0.3, -0.25) is 9.88 Å². The second kappa shape index (κ2) is 9.45. The Morgan fingerprint density at radius 2 is 1.80 bits per heavy atom. The third-order valence-corrected chi connectivity index (χ3v) is 8.23. The number of methoxy groups -OCH3 is 1. The van der Waals surface area contributed by atoms with Gasteiger partial charge in [0, 0.05) is 44.1 Å². The van der Waals surface area contributed by atoms with Crippen molar-refractivity contribution < 1.29 is 13.2 Å². The first-order valence-corrected chi connectivity index (χ1v) is 12.3. The zero-order chi connectivity index (χ0) is 21.0. The molecule has 0 unspecified atom stereocenters. The molecule has 1 atom stereocenters. The van der Waals surface area contributed by atoms with Gasteiger partial charge >= 0.3 is 0 Å². The van der Waals surface area contributed by atoms with Gasteiger partial charge in [-0.25, -0.2) is 8.42 Å². The highest BCUT2D eigenvalue weighted by atomic mass is 32.2. The van der Waals surface area contributed by atoms with E-state index in [1.54, 1.807) is 35.7 Å². The van der Waals surface area contributed by atoms with E-state index in [0.717, 1.165) is 25.2 Å². The molecule has 2 aliphatic rings. The molecular weight excluding hydrogens is 398 g/mol. The Hall–Kier alpha value is -1.96. The fourth-order valence-corrected chi connectivity index (χ4v) is 6.27. The fraction of sp³-hybridized carbons (Fsp3) is 0.522. The molecule has 1 aliphatic carbocycles. The van der Waals surface area contributed by atoms with Gasteiger partial charge in [-0.1, -0.05) is 18.9 Å². The maximum atomic E-state index is 13.4. The summed E-state index contributed by atoms with van der Waals surface area (Å²) < 4.78 is 33.7. The van der Waals surface area contributed by atoms with E-state index in [1.807, 2.05) is 24.4 Å². The lowest BCUT2D eigenvalue weighted by Crippen LogP contribution is -2.38. The molecule has 162 valence electrons. The Kier molecular flexibility index (Phi) is 6.71. The molecule has 1 saturated heterocycles. The van der Waals surface area contributed by atoms with E-state index in [9.17, 15) is 8.42 Å². The van der Waals surface area contributed by atoms with Crippen LogP contribution < -0.4 is 4.74 Å². The van der Waals surface area contributed by atoms with E-state index in [1.165, 1.54) is 25.7 Å². The monoisotopic (exact) mass is 429 g/mol. The molecule has 4 rings (SSSR count). The minimum Gasteiger partial charge on any atom is -0.497 e. The Balaban J connectivity index is 1.57. The van der Waals surface area contributed by atoms with Crippen LogP contribution in [0.5, 0.6) is 5.75 Å². The molecule has 2 heterocycles. The second-order valence-corrected chi connectivity index (χ2v) is 10.3. The molecule has 7 heteroatoms. The minimum atomic E-state index is -3.55. The quantitative estimate of drug-likeness (QED) is 0.706. The number of pyridine rings is 1. The van der Waals surface area contributed by atoms with Crippen LogP contribution in [0.2, 0.25) is 0 Å². The van der Waals surface area contributed by atoms with Gasteiger partial charge in [0.05, 0.1) is 12.0 Å². The highest BCUT2D eigenvalue weighted by Crippen LogP contribution is 2.28. The van der Waals surface area contributed by atoms with Crippen LogP contribution in [0, 0.1) is 5.92 Å². The predicted molar refractivity (Wildman–Crippen MR) is 117 cm³/mol. The molecule has 0 bridgehead atoms. The number of sulfonamides is 1. The van der Waals surface area contributed by atoms with Crippen molar-refractivity contribution in [2.75, 3.05) is 33.3 Å². The van der Waals surface area contributed by atoms with Crippen molar-refractivity contribution in [1.82, 2.24) is 14.2 Å². The van der Waals surface area contributed by atoms with Crippen molar-refractivity contribution in [3.63, 3.8) is 0 Å². The van der Waals surface area contributed by atoms with Crippen LogP contribution in [-0.4, -0.2) is 61.9 Å².